The average molecular weight is 377 g/mol. The van der Waals surface area contributed by atoms with Crippen LogP contribution in [0.5, 0.6) is 0 Å². The first-order valence-electron chi connectivity index (χ1n) is 10.1. The molecule has 2 N–H and O–H groups in total. The fraction of sp³-hybridized carbons (Fsp3) is 0.667. The summed E-state index contributed by atoms with van der Waals surface area (Å²) in [5.41, 5.74) is 0.220. The van der Waals surface area contributed by atoms with Gasteiger partial charge >= 0.3 is 0 Å². The van der Waals surface area contributed by atoms with E-state index in [9.17, 15) is 9.50 Å². The molecule has 5 heteroatoms. The third-order valence-electron chi connectivity index (χ3n) is 6.86. The number of nitrogens with zero attached hydrogens (tertiary/aromatic N) is 1. The second-order valence-electron chi connectivity index (χ2n) is 8.35. The third kappa shape index (κ3) is 3.13. The lowest BCUT2D eigenvalue weighted by atomic mass is 9.62. The maximum Gasteiger partial charge on any atom is 0.171 e. The Hall–Kier alpha value is -1.20. The molecule has 0 aromatic heterocycles. The Morgan fingerprint density at radius 2 is 1.77 bits per heavy atom. The van der Waals surface area contributed by atoms with Gasteiger partial charge in [-0.1, -0.05) is 37.8 Å². The normalized spacial score (nSPS) is 30.8. The number of hydrogen-bond acceptors (Lipinski definition) is 2. The Balaban J connectivity index is 1.56. The summed E-state index contributed by atoms with van der Waals surface area (Å²) < 4.78 is 13.1. The van der Waals surface area contributed by atoms with Crippen LogP contribution in [0.2, 0.25) is 0 Å². The summed E-state index contributed by atoms with van der Waals surface area (Å²) in [5, 5.41) is 16.2. The Labute approximate surface area is 161 Å². The maximum absolute atomic E-state index is 13.1. The summed E-state index contributed by atoms with van der Waals surface area (Å²) in [6.45, 7) is 0.667. The van der Waals surface area contributed by atoms with Crippen LogP contribution < -0.4 is 5.32 Å². The zero-order chi connectivity index (χ0) is 18.2. The second kappa shape index (κ2) is 7.08. The van der Waals surface area contributed by atoms with E-state index in [4.69, 9.17) is 12.2 Å². The zero-order valence-electron chi connectivity index (χ0n) is 15.3. The van der Waals surface area contributed by atoms with Crippen LogP contribution in [0, 0.1) is 11.7 Å². The predicted molar refractivity (Wildman–Crippen MR) is 105 cm³/mol. The molecule has 1 spiro atoms. The van der Waals surface area contributed by atoms with Crippen molar-refractivity contribution in [2.24, 2.45) is 5.92 Å². The van der Waals surface area contributed by atoms with E-state index in [0.29, 0.717) is 11.7 Å². The lowest BCUT2D eigenvalue weighted by Crippen LogP contribution is -2.75. The molecule has 1 aliphatic heterocycles. The van der Waals surface area contributed by atoms with Crippen molar-refractivity contribution in [2.75, 3.05) is 6.54 Å². The molecule has 0 radical (unpaired) electrons. The minimum absolute atomic E-state index is 0.0170. The number of thiocarbonyl (C=S) groups is 1. The minimum atomic E-state index is -0.835. The summed E-state index contributed by atoms with van der Waals surface area (Å²) in [6, 6.07) is 6.64. The average Bonchev–Trinajstić information content (AvgIpc) is 2.63. The van der Waals surface area contributed by atoms with Crippen LogP contribution in [0.3, 0.4) is 0 Å². The van der Waals surface area contributed by atoms with Gasteiger partial charge in [-0.3, -0.25) is 0 Å². The molecule has 1 aromatic carbocycles. The predicted octanol–water partition coefficient (Wildman–Crippen LogP) is 4.14. The first-order valence-corrected chi connectivity index (χ1v) is 10.5. The first kappa shape index (κ1) is 18.2. The van der Waals surface area contributed by atoms with E-state index in [1.165, 1.54) is 37.8 Å². The SMILES string of the molecule is O[C@@]12CCCC[C@H]1C1(CCCCC1)NC(=S)N2CCc1ccc(F)cc1. The molecule has 4 rings (SSSR count). The van der Waals surface area contributed by atoms with E-state index in [-0.39, 0.29) is 17.3 Å². The molecular weight excluding hydrogens is 347 g/mol. The Morgan fingerprint density at radius 1 is 1.08 bits per heavy atom. The molecule has 3 nitrogen and oxygen atoms in total. The van der Waals surface area contributed by atoms with Crippen molar-refractivity contribution >= 4 is 17.3 Å². The fourth-order valence-corrected chi connectivity index (χ4v) is 6.02. The van der Waals surface area contributed by atoms with Gasteiger partial charge < -0.3 is 15.3 Å². The van der Waals surface area contributed by atoms with Gasteiger partial charge in [0.25, 0.3) is 0 Å². The van der Waals surface area contributed by atoms with Gasteiger partial charge in [0.2, 0.25) is 0 Å². The lowest BCUT2D eigenvalue weighted by Gasteiger charge is -2.61. The van der Waals surface area contributed by atoms with Crippen LogP contribution in [0.1, 0.15) is 63.4 Å². The van der Waals surface area contributed by atoms with Crippen molar-refractivity contribution in [3.8, 4) is 0 Å². The van der Waals surface area contributed by atoms with Gasteiger partial charge in [-0.25, -0.2) is 4.39 Å². The molecule has 3 aliphatic rings. The number of benzene rings is 1. The quantitative estimate of drug-likeness (QED) is 0.777. The molecule has 1 heterocycles. The molecule has 2 aliphatic carbocycles. The first-order chi connectivity index (χ1) is 12.5. The largest absolute Gasteiger partial charge is 0.370 e. The van der Waals surface area contributed by atoms with Gasteiger partial charge in [0, 0.05) is 18.0 Å². The highest BCUT2D eigenvalue weighted by Crippen LogP contribution is 2.50. The maximum atomic E-state index is 13.1. The van der Waals surface area contributed by atoms with Crippen molar-refractivity contribution in [2.45, 2.75) is 75.5 Å². The Morgan fingerprint density at radius 3 is 2.50 bits per heavy atom. The molecule has 0 bridgehead atoms. The van der Waals surface area contributed by atoms with Crippen molar-refractivity contribution in [3.05, 3.63) is 35.6 Å². The number of fused-ring (bicyclic) bond motifs is 2. The summed E-state index contributed by atoms with van der Waals surface area (Å²) in [4.78, 5) is 2.04. The van der Waals surface area contributed by atoms with Crippen LogP contribution in [0.15, 0.2) is 24.3 Å². The van der Waals surface area contributed by atoms with Crippen LogP contribution in [0.4, 0.5) is 4.39 Å². The lowest BCUT2D eigenvalue weighted by molar-refractivity contribution is -0.181. The highest BCUT2D eigenvalue weighted by molar-refractivity contribution is 7.80. The van der Waals surface area contributed by atoms with Crippen LogP contribution in [0.25, 0.3) is 0 Å². The summed E-state index contributed by atoms with van der Waals surface area (Å²) >= 11 is 5.75. The van der Waals surface area contributed by atoms with Gasteiger partial charge in [0.05, 0.1) is 0 Å². The van der Waals surface area contributed by atoms with E-state index in [0.717, 1.165) is 44.1 Å². The number of nitrogens with one attached hydrogen (secondary N) is 1. The van der Waals surface area contributed by atoms with Crippen molar-refractivity contribution in [1.82, 2.24) is 10.2 Å². The van der Waals surface area contributed by atoms with Crippen molar-refractivity contribution in [1.29, 1.82) is 0 Å². The van der Waals surface area contributed by atoms with Crippen molar-refractivity contribution < 1.29 is 9.50 Å². The monoisotopic (exact) mass is 376 g/mol. The van der Waals surface area contributed by atoms with Crippen LogP contribution in [-0.4, -0.2) is 32.9 Å². The Bertz CT molecular complexity index is 658. The van der Waals surface area contributed by atoms with Crippen LogP contribution >= 0.6 is 12.2 Å². The fourth-order valence-electron chi connectivity index (χ4n) is 5.57. The minimum Gasteiger partial charge on any atom is -0.370 e. The van der Waals surface area contributed by atoms with E-state index in [1.807, 2.05) is 17.0 Å². The number of halogens is 1. The molecule has 142 valence electrons. The molecule has 1 saturated heterocycles. The number of aliphatic hydroxyl groups is 1. The number of rotatable bonds is 3. The molecule has 2 saturated carbocycles. The topological polar surface area (TPSA) is 35.5 Å². The van der Waals surface area contributed by atoms with Gasteiger partial charge in [0.1, 0.15) is 11.5 Å². The molecule has 2 atom stereocenters. The van der Waals surface area contributed by atoms with Gasteiger partial charge in [-0.15, -0.1) is 0 Å². The van der Waals surface area contributed by atoms with E-state index in [2.05, 4.69) is 5.32 Å². The van der Waals surface area contributed by atoms with E-state index >= 15 is 0 Å². The highest BCUT2D eigenvalue weighted by atomic mass is 32.1. The molecule has 0 unspecified atom stereocenters. The van der Waals surface area contributed by atoms with Gasteiger partial charge in [0.15, 0.2) is 5.11 Å². The molecule has 26 heavy (non-hydrogen) atoms. The highest BCUT2D eigenvalue weighted by Gasteiger charge is 2.58. The molecule has 1 aromatic rings. The molecular formula is C21H29FN2OS. The van der Waals surface area contributed by atoms with E-state index < -0.39 is 5.72 Å². The molecule has 3 fully saturated rings. The standard InChI is InChI=1S/C21H29FN2OS/c22-17-9-7-16(8-10-17)11-15-24-19(26)23-20(12-3-1-4-13-20)18-6-2-5-14-21(18,24)25/h7-10,18,25H,1-6,11-15H2,(H,23,26)/t18-,21-/m0/s1. The van der Waals surface area contributed by atoms with E-state index in [1.54, 1.807) is 0 Å². The molecule has 0 amide bonds. The zero-order valence-corrected chi connectivity index (χ0v) is 16.2. The van der Waals surface area contributed by atoms with Gasteiger partial charge in [-0.2, -0.15) is 0 Å². The van der Waals surface area contributed by atoms with Gasteiger partial charge in [-0.05, 0) is 68.4 Å². The Kier molecular flexibility index (Phi) is 4.95. The summed E-state index contributed by atoms with van der Waals surface area (Å²) in [5.74, 6) is 0.0260. The third-order valence-corrected chi connectivity index (χ3v) is 7.19. The summed E-state index contributed by atoms with van der Waals surface area (Å²) in [6.07, 6.45) is 10.8. The second-order valence-corrected chi connectivity index (χ2v) is 8.74. The smallest absolute Gasteiger partial charge is 0.171 e. The van der Waals surface area contributed by atoms with Crippen molar-refractivity contribution in [3.63, 3.8) is 0 Å². The summed E-state index contributed by atoms with van der Waals surface area (Å²) in [7, 11) is 0. The number of hydrogen-bond donors (Lipinski definition) is 2. The van der Waals surface area contributed by atoms with Crippen LogP contribution in [-0.2, 0) is 6.42 Å².